The number of H-pyrrole nitrogens is 1. The van der Waals surface area contributed by atoms with Crippen LogP contribution in [-0.2, 0) is 9.59 Å². The molecule has 1 aromatic carbocycles. The molecule has 8 heteroatoms. The van der Waals surface area contributed by atoms with Gasteiger partial charge in [0.25, 0.3) is 5.91 Å². The molecule has 3 heterocycles. The number of aryl methyl sites for hydroxylation is 2. The highest BCUT2D eigenvalue weighted by Gasteiger charge is 2.31. The van der Waals surface area contributed by atoms with E-state index in [0.29, 0.717) is 12.3 Å². The monoisotopic (exact) mass is 447 g/mol. The summed E-state index contributed by atoms with van der Waals surface area (Å²) in [6, 6.07) is 7.27. The number of nitrogens with zero attached hydrogens (tertiary/aromatic N) is 3. The van der Waals surface area contributed by atoms with E-state index in [1.807, 2.05) is 43.3 Å². The molecule has 0 unspecified atom stereocenters. The molecule has 2 N–H and O–H groups in total. The van der Waals surface area contributed by atoms with Crippen LogP contribution < -0.4 is 10.1 Å². The van der Waals surface area contributed by atoms with Crippen molar-refractivity contribution in [1.29, 1.82) is 0 Å². The Morgan fingerprint density at radius 3 is 2.76 bits per heavy atom. The number of hydrogen-bond acceptors (Lipinski definition) is 5. The summed E-state index contributed by atoms with van der Waals surface area (Å²) in [7, 11) is 0. The molecular weight excluding hydrogens is 418 g/mol. The Bertz CT molecular complexity index is 1160. The van der Waals surface area contributed by atoms with Crippen LogP contribution in [0.4, 0.5) is 5.69 Å². The Morgan fingerprint density at radius 2 is 2.00 bits per heavy atom. The number of benzene rings is 1. The molecule has 2 aromatic heterocycles. The summed E-state index contributed by atoms with van der Waals surface area (Å²) in [5, 5.41) is 10.2. The second-order valence-electron chi connectivity index (χ2n) is 8.43. The first-order valence-corrected chi connectivity index (χ1v) is 11.2. The fraction of sp³-hybridized carbons (Fsp3) is 0.360. The van der Waals surface area contributed by atoms with Crippen molar-refractivity contribution in [2.24, 2.45) is 0 Å². The lowest BCUT2D eigenvalue weighted by molar-refractivity contribution is -0.137. The van der Waals surface area contributed by atoms with E-state index >= 15 is 0 Å². The Hall–Kier alpha value is -3.68. The second kappa shape index (κ2) is 9.85. The van der Waals surface area contributed by atoms with E-state index in [1.165, 1.54) is 6.92 Å². The highest BCUT2D eigenvalue weighted by Crippen LogP contribution is 2.36. The normalized spacial score (nSPS) is 15.8. The molecule has 8 nitrogen and oxygen atoms in total. The Balaban J connectivity index is 1.49. The number of aromatic nitrogens is 3. The topological polar surface area (TPSA) is 100 Å². The summed E-state index contributed by atoms with van der Waals surface area (Å²) in [4.78, 5) is 30.6. The number of rotatable bonds is 6. The average Bonchev–Trinajstić information content (AvgIpc) is 3.28. The molecule has 0 radical (unpaired) electrons. The Labute approximate surface area is 193 Å². The number of aromatic amines is 1. The number of ether oxygens (including phenoxy) is 1. The highest BCUT2D eigenvalue weighted by molar-refractivity contribution is 5.89. The van der Waals surface area contributed by atoms with Gasteiger partial charge in [-0.2, -0.15) is 5.10 Å². The molecule has 3 aromatic rings. The Morgan fingerprint density at radius 1 is 1.15 bits per heavy atom. The van der Waals surface area contributed by atoms with Crippen molar-refractivity contribution < 1.29 is 14.3 Å². The zero-order chi connectivity index (χ0) is 23.4. The maximum Gasteiger partial charge on any atom is 0.261 e. The van der Waals surface area contributed by atoms with Gasteiger partial charge in [0.2, 0.25) is 5.91 Å². The van der Waals surface area contributed by atoms with Gasteiger partial charge in [-0.25, -0.2) is 0 Å². The van der Waals surface area contributed by atoms with E-state index in [0.717, 1.165) is 52.9 Å². The van der Waals surface area contributed by atoms with Crippen molar-refractivity contribution in [2.45, 2.75) is 46.1 Å². The van der Waals surface area contributed by atoms with Crippen molar-refractivity contribution in [3.8, 4) is 16.9 Å². The first-order valence-electron chi connectivity index (χ1n) is 11.2. The lowest BCUT2D eigenvalue weighted by atomic mass is 9.93. The molecule has 0 bridgehead atoms. The molecule has 172 valence electrons. The third-order valence-corrected chi connectivity index (χ3v) is 6.01. The fourth-order valence-corrected chi connectivity index (χ4v) is 4.35. The molecular formula is C25H29N5O3. The predicted octanol–water partition coefficient (Wildman–Crippen LogP) is 4.18. The molecule has 4 rings (SSSR count). The maximum atomic E-state index is 13.2. The van der Waals surface area contributed by atoms with Gasteiger partial charge < -0.3 is 15.0 Å². The predicted molar refractivity (Wildman–Crippen MR) is 126 cm³/mol. The minimum Gasteiger partial charge on any atom is -0.484 e. The van der Waals surface area contributed by atoms with Gasteiger partial charge in [0.15, 0.2) is 6.61 Å². The van der Waals surface area contributed by atoms with E-state index < -0.39 is 0 Å². The quantitative estimate of drug-likeness (QED) is 0.590. The molecule has 1 fully saturated rings. The van der Waals surface area contributed by atoms with E-state index in [-0.39, 0.29) is 24.5 Å². The molecule has 1 saturated heterocycles. The minimum absolute atomic E-state index is 0.0484. The molecule has 33 heavy (non-hydrogen) atoms. The van der Waals surface area contributed by atoms with Gasteiger partial charge in [-0.1, -0.05) is 0 Å². The van der Waals surface area contributed by atoms with E-state index in [9.17, 15) is 9.59 Å². The number of amides is 2. The summed E-state index contributed by atoms with van der Waals surface area (Å²) in [5.74, 6) is 0.409. The number of piperidine rings is 1. The lowest BCUT2D eigenvalue weighted by Gasteiger charge is -2.35. The van der Waals surface area contributed by atoms with Gasteiger partial charge in [0, 0.05) is 37.1 Å². The van der Waals surface area contributed by atoms with E-state index in [1.54, 1.807) is 18.3 Å². The summed E-state index contributed by atoms with van der Waals surface area (Å²) in [6.45, 7) is 6.02. The summed E-state index contributed by atoms with van der Waals surface area (Å²) in [6.07, 6.45) is 8.32. The van der Waals surface area contributed by atoms with Crippen LogP contribution in [0.15, 0.2) is 42.9 Å². The molecule has 0 aliphatic carbocycles. The summed E-state index contributed by atoms with van der Waals surface area (Å²) < 4.78 is 5.82. The lowest BCUT2D eigenvalue weighted by Crippen LogP contribution is -2.41. The number of carbonyl (C=O) groups excluding carboxylic acids is 2. The number of likely N-dealkylation sites (tertiary alicyclic amines) is 1. The number of pyridine rings is 1. The van der Waals surface area contributed by atoms with Crippen molar-refractivity contribution in [2.75, 3.05) is 18.5 Å². The van der Waals surface area contributed by atoms with Crippen LogP contribution in [-0.4, -0.2) is 45.0 Å². The van der Waals surface area contributed by atoms with Crippen LogP contribution in [0.25, 0.3) is 11.1 Å². The maximum absolute atomic E-state index is 13.2. The van der Waals surface area contributed by atoms with Gasteiger partial charge in [-0.15, -0.1) is 0 Å². The van der Waals surface area contributed by atoms with E-state index in [4.69, 9.17) is 4.74 Å². The van der Waals surface area contributed by atoms with Crippen LogP contribution >= 0.6 is 0 Å². The van der Waals surface area contributed by atoms with Crippen LogP contribution in [0.1, 0.15) is 49.0 Å². The first-order chi connectivity index (χ1) is 15.9. The number of nitrogens with one attached hydrogen (secondary N) is 2. The van der Waals surface area contributed by atoms with Gasteiger partial charge in [-0.05, 0) is 74.1 Å². The third kappa shape index (κ3) is 5.05. The summed E-state index contributed by atoms with van der Waals surface area (Å²) in [5.41, 5.74) is 5.70. The minimum atomic E-state index is -0.127. The molecule has 1 aliphatic heterocycles. The standard InChI is InChI=1S/C25H29N5O3/c1-16-12-19(7-8-22(16)28-18(3)31)33-15-24(32)30-11-5-4-6-23(30)25-21(14-27-29-25)20-9-10-26-13-17(20)2/h7-10,12-14,23H,4-6,11,15H2,1-3H3,(H,27,29)(H,28,31)/t23-/m1/s1. The third-order valence-electron chi connectivity index (χ3n) is 6.01. The van der Waals surface area contributed by atoms with Gasteiger partial charge in [0.1, 0.15) is 5.75 Å². The van der Waals surface area contributed by atoms with Gasteiger partial charge in [-0.3, -0.25) is 19.7 Å². The SMILES string of the molecule is CC(=O)Nc1ccc(OCC(=O)N2CCCC[C@@H]2c2[nH]ncc2-c2ccncc2C)cc1C. The number of hydrogen-bond donors (Lipinski definition) is 2. The van der Waals surface area contributed by atoms with Gasteiger partial charge >= 0.3 is 0 Å². The molecule has 1 aliphatic rings. The van der Waals surface area contributed by atoms with Crippen molar-refractivity contribution in [1.82, 2.24) is 20.1 Å². The van der Waals surface area contributed by atoms with Crippen molar-refractivity contribution >= 4 is 17.5 Å². The van der Waals surface area contributed by atoms with E-state index in [2.05, 4.69) is 20.5 Å². The Kier molecular flexibility index (Phi) is 6.72. The summed E-state index contributed by atoms with van der Waals surface area (Å²) >= 11 is 0. The van der Waals surface area contributed by atoms with Crippen molar-refractivity contribution in [3.05, 3.63) is 59.7 Å². The van der Waals surface area contributed by atoms with Crippen LogP contribution in [0.5, 0.6) is 5.75 Å². The zero-order valence-electron chi connectivity index (χ0n) is 19.2. The largest absolute Gasteiger partial charge is 0.484 e. The highest BCUT2D eigenvalue weighted by atomic mass is 16.5. The number of carbonyl (C=O) groups is 2. The zero-order valence-corrected chi connectivity index (χ0v) is 19.2. The first kappa shape index (κ1) is 22.5. The van der Waals surface area contributed by atoms with Crippen molar-refractivity contribution in [3.63, 3.8) is 0 Å². The van der Waals surface area contributed by atoms with Crippen LogP contribution in [0.3, 0.4) is 0 Å². The van der Waals surface area contributed by atoms with Crippen LogP contribution in [0, 0.1) is 13.8 Å². The molecule has 2 amide bonds. The van der Waals surface area contributed by atoms with Gasteiger partial charge in [0.05, 0.1) is 17.9 Å². The smallest absolute Gasteiger partial charge is 0.261 e. The average molecular weight is 448 g/mol. The molecule has 0 spiro atoms. The number of anilines is 1. The second-order valence-corrected chi connectivity index (χ2v) is 8.43. The molecule has 0 saturated carbocycles. The molecule has 1 atom stereocenters. The fourth-order valence-electron chi connectivity index (χ4n) is 4.35. The van der Waals surface area contributed by atoms with Crippen LogP contribution in [0.2, 0.25) is 0 Å².